The fraction of sp³-hybridized carbons (Fsp3) is 0.600. The van der Waals surface area contributed by atoms with Gasteiger partial charge in [0.1, 0.15) is 18.5 Å². The van der Waals surface area contributed by atoms with Crippen molar-refractivity contribution in [2.75, 3.05) is 20.3 Å². The topological polar surface area (TPSA) is 82.1 Å². The van der Waals surface area contributed by atoms with E-state index in [2.05, 4.69) is 105 Å². The van der Waals surface area contributed by atoms with Crippen molar-refractivity contribution < 1.29 is 28.9 Å². The molecular weight excluding hydrogens is 576 g/mol. The van der Waals surface area contributed by atoms with Crippen LogP contribution in [-0.2, 0) is 30.9 Å². The maximum atomic E-state index is 11.9. The zero-order valence-corrected chi connectivity index (χ0v) is 30.6. The summed E-state index contributed by atoms with van der Waals surface area (Å²) in [5.74, 6) is 2.49. The van der Waals surface area contributed by atoms with Gasteiger partial charge in [-0.1, -0.05) is 109 Å². The van der Waals surface area contributed by atoms with Gasteiger partial charge < -0.3 is 19.3 Å². The second-order valence-corrected chi connectivity index (χ2v) is 14.2. The number of aliphatic hydroxyl groups is 1. The van der Waals surface area contributed by atoms with Gasteiger partial charge in [-0.05, 0) is 73.5 Å². The number of rotatable bonds is 9. The van der Waals surface area contributed by atoms with Crippen LogP contribution >= 0.6 is 0 Å². The minimum Gasteiger partial charge on any atom is -0.493 e. The van der Waals surface area contributed by atoms with Crippen molar-refractivity contribution in [3.05, 3.63) is 76.4 Å². The number of benzene rings is 2. The lowest BCUT2D eigenvalue weighted by Crippen LogP contribution is -2.17. The second-order valence-electron chi connectivity index (χ2n) is 14.2. The second kappa shape index (κ2) is 20.9. The highest BCUT2D eigenvalue weighted by atomic mass is 16.6. The minimum absolute atomic E-state index is 0.164. The summed E-state index contributed by atoms with van der Waals surface area (Å²) in [5, 5.41) is 7.00. The lowest BCUT2D eigenvalue weighted by atomic mass is 9.86. The molecule has 2 aliphatic rings. The van der Waals surface area contributed by atoms with Crippen molar-refractivity contribution in [3.8, 4) is 5.75 Å². The Morgan fingerprint density at radius 1 is 0.978 bits per heavy atom. The smallest absolute Gasteiger partial charge is 0.334 e. The fourth-order valence-electron chi connectivity index (χ4n) is 5.44. The van der Waals surface area contributed by atoms with Crippen molar-refractivity contribution >= 4 is 11.9 Å². The molecule has 0 radical (unpaired) electrons. The third-order valence-electron chi connectivity index (χ3n) is 7.77. The lowest BCUT2D eigenvalue weighted by Gasteiger charge is -2.19. The third kappa shape index (κ3) is 15.9. The Morgan fingerprint density at radius 2 is 1.57 bits per heavy atom. The number of allylic oxidation sites excluding steroid dienone is 1. The average Bonchev–Trinajstić information content (AvgIpc) is 3.61. The summed E-state index contributed by atoms with van der Waals surface area (Å²) in [5.41, 5.74) is 6.44. The Morgan fingerprint density at radius 3 is 2.11 bits per heavy atom. The molecule has 258 valence electrons. The molecule has 2 aromatic rings. The van der Waals surface area contributed by atoms with Gasteiger partial charge in [0.05, 0.1) is 6.61 Å². The summed E-state index contributed by atoms with van der Waals surface area (Å²) in [6.07, 6.45) is 6.96. The molecule has 4 rings (SSSR count). The zero-order chi connectivity index (χ0) is 34.9. The highest BCUT2D eigenvalue weighted by Crippen LogP contribution is 2.28. The highest BCUT2D eigenvalue weighted by Gasteiger charge is 2.30. The molecule has 1 fully saturated rings. The first-order valence-corrected chi connectivity index (χ1v) is 17.0. The quantitative estimate of drug-likeness (QED) is 0.218. The Hall–Kier alpha value is -3.12. The summed E-state index contributed by atoms with van der Waals surface area (Å²) in [6, 6.07) is 15.1. The molecule has 2 aromatic carbocycles. The van der Waals surface area contributed by atoms with Gasteiger partial charge in [-0.2, -0.15) is 0 Å². The van der Waals surface area contributed by atoms with E-state index in [0.717, 1.165) is 37.9 Å². The van der Waals surface area contributed by atoms with Crippen molar-refractivity contribution in [1.82, 2.24) is 0 Å². The van der Waals surface area contributed by atoms with E-state index >= 15 is 0 Å². The molecule has 0 bridgehead atoms. The standard InChI is InChI=1S/C19H32O4.C11H16.C9H10O.CH4O/c1-6-18(20)22-12-17-11-16(19(21)23-17)8-7-15(9-13(2)3)10-14(4)5;1-9-5-7-10(8-6-9)11(2,3)4;1-7-2-3-9-8(6-7)4-5-10-9;1-2/h8,13-15,17H,6-7,9-12H2,1-5H3;5-8H,1-4H3;2-3,6H,4-5H2,1H3;2H,1H3/b16-8+;;;. The molecule has 1 atom stereocenters. The van der Waals surface area contributed by atoms with Crippen LogP contribution in [0.15, 0.2) is 54.1 Å². The van der Waals surface area contributed by atoms with Crippen LogP contribution in [0.25, 0.3) is 0 Å². The molecule has 0 saturated carbocycles. The van der Waals surface area contributed by atoms with Gasteiger partial charge in [0.15, 0.2) is 0 Å². The van der Waals surface area contributed by atoms with Gasteiger partial charge in [-0.25, -0.2) is 4.79 Å². The number of hydrogen-bond donors (Lipinski definition) is 1. The van der Waals surface area contributed by atoms with Crippen LogP contribution in [0.3, 0.4) is 0 Å². The molecule has 2 aliphatic heterocycles. The molecule has 0 aliphatic carbocycles. The Kier molecular flexibility index (Phi) is 18.6. The van der Waals surface area contributed by atoms with E-state index in [1.165, 1.54) is 35.1 Å². The summed E-state index contributed by atoms with van der Waals surface area (Å²) < 4.78 is 15.7. The number of hydrogen-bond acceptors (Lipinski definition) is 6. The Bertz CT molecular complexity index is 1190. The van der Waals surface area contributed by atoms with E-state index < -0.39 is 0 Å². The molecule has 1 unspecified atom stereocenters. The average molecular weight is 639 g/mol. The third-order valence-corrected chi connectivity index (χ3v) is 7.77. The number of cyclic esters (lactones) is 1. The van der Waals surface area contributed by atoms with Gasteiger partial charge >= 0.3 is 11.9 Å². The molecule has 6 heteroatoms. The predicted octanol–water partition coefficient (Wildman–Crippen LogP) is 9.11. The normalized spacial score (nSPS) is 16.0. The summed E-state index contributed by atoms with van der Waals surface area (Å²) in [7, 11) is 1.00. The Labute approximate surface area is 279 Å². The van der Waals surface area contributed by atoms with E-state index in [4.69, 9.17) is 19.3 Å². The molecule has 2 heterocycles. The van der Waals surface area contributed by atoms with Crippen LogP contribution in [0.4, 0.5) is 0 Å². The van der Waals surface area contributed by atoms with E-state index in [1.807, 2.05) is 6.08 Å². The van der Waals surface area contributed by atoms with Crippen LogP contribution in [-0.4, -0.2) is 43.5 Å². The van der Waals surface area contributed by atoms with Gasteiger partial charge in [-0.3, -0.25) is 4.79 Å². The van der Waals surface area contributed by atoms with E-state index in [-0.39, 0.29) is 30.1 Å². The van der Waals surface area contributed by atoms with Crippen molar-refractivity contribution in [2.45, 2.75) is 119 Å². The summed E-state index contributed by atoms with van der Waals surface area (Å²) in [6.45, 7) is 22.7. The van der Waals surface area contributed by atoms with Gasteiger partial charge in [-0.15, -0.1) is 0 Å². The molecule has 0 spiro atoms. The van der Waals surface area contributed by atoms with Crippen LogP contribution in [0, 0.1) is 31.6 Å². The first-order chi connectivity index (χ1) is 21.7. The van der Waals surface area contributed by atoms with Crippen molar-refractivity contribution in [1.29, 1.82) is 0 Å². The maximum Gasteiger partial charge on any atom is 0.334 e. The van der Waals surface area contributed by atoms with Crippen LogP contribution in [0.2, 0.25) is 0 Å². The molecule has 1 N–H and O–H groups in total. The summed E-state index contributed by atoms with van der Waals surface area (Å²) >= 11 is 0. The number of esters is 2. The first-order valence-electron chi connectivity index (χ1n) is 17.0. The SMILES string of the molecule is CCC(=O)OCC1C/C(=C\CC(CC(C)C)CC(C)C)C(=O)O1.CO.Cc1ccc(C(C)(C)C)cc1.Cc1ccc2c(c1)CCO2. The number of ether oxygens (including phenoxy) is 3. The molecule has 6 nitrogen and oxygen atoms in total. The Balaban J connectivity index is 0.000000378. The molecule has 46 heavy (non-hydrogen) atoms. The fourth-order valence-corrected chi connectivity index (χ4v) is 5.44. The maximum absolute atomic E-state index is 11.9. The lowest BCUT2D eigenvalue weighted by molar-refractivity contribution is -0.151. The number of carbonyl (C=O) groups is 2. The van der Waals surface area contributed by atoms with Crippen LogP contribution in [0.5, 0.6) is 5.75 Å². The van der Waals surface area contributed by atoms with E-state index in [1.54, 1.807) is 6.92 Å². The molecule has 0 aromatic heterocycles. The van der Waals surface area contributed by atoms with E-state index in [9.17, 15) is 9.59 Å². The van der Waals surface area contributed by atoms with Crippen molar-refractivity contribution in [3.63, 3.8) is 0 Å². The largest absolute Gasteiger partial charge is 0.493 e. The van der Waals surface area contributed by atoms with E-state index in [0.29, 0.717) is 30.6 Å². The van der Waals surface area contributed by atoms with Crippen LogP contribution < -0.4 is 4.74 Å². The number of fused-ring (bicyclic) bond motifs is 1. The van der Waals surface area contributed by atoms with Gasteiger partial charge in [0.2, 0.25) is 0 Å². The minimum atomic E-state index is -0.321. The van der Waals surface area contributed by atoms with Gasteiger partial charge in [0.25, 0.3) is 0 Å². The molecule has 0 amide bonds. The predicted molar refractivity (Wildman–Crippen MR) is 189 cm³/mol. The molecule has 1 saturated heterocycles. The van der Waals surface area contributed by atoms with Gasteiger partial charge in [0, 0.05) is 31.9 Å². The monoisotopic (exact) mass is 638 g/mol. The number of carbonyl (C=O) groups excluding carboxylic acids is 2. The highest BCUT2D eigenvalue weighted by molar-refractivity contribution is 5.90. The van der Waals surface area contributed by atoms with Crippen molar-refractivity contribution in [2.24, 2.45) is 17.8 Å². The number of aryl methyl sites for hydroxylation is 2. The summed E-state index contributed by atoms with van der Waals surface area (Å²) in [4.78, 5) is 23.1. The zero-order valence-electron chi connectivity index (χ0n) is 30.6. The molecular formula is C40H62O6. The number of aliphatic hydroxyl groups excluding tert-OH is 1. The first kappa shape index (κ1) is 40.9. The van der Waals surface area contributed by atoms with Crippen LogP contribution in [0.1, 0.15) is 110 Å².